The predicted molar refractivity (Wildman–Crippen MR) is 109 cm³/mol. The zero-order valence-electron chi connectivity index (χ0n) is 18.1. The molecule has 1 aromatic rings. The Hall–Kier alpha value is -2.71. The van der Waals surface area contributed by atoms with Crippen molar-refractivity contribution >= 4 is 29.4 Å². The molecular formula is C20H24ClF2N3O6. The van der Waals surface area contributed by atoms with Crippen molar-refractivity contribution in [3.63, 3.8) is 0 Å². The molecule has 2 heterocycles. The molecule has 0 aliphatic carbocycles. The predicted octanol–water partition coefficient (Wildman–Crippen LogP) is 1.93. The molecule has 0 amide bonds. The number of carbonyl (C=O) groups is 2. The molecule has 32 heavy (non-hydrogen) atoms. The number of carbonyl (C=O) groups excluding carboxylic acids is 2. The van der Waals surface area contributed by atoms with E-state index < -0.39 is 71.3 Å². The molecule has 1 aromatic heterocycles. The van der Waals surface area contributed by atoms with Gasteiger partial charge in [-0.15, -0.1) is 0 Å². The molecule has 2 N–H and O–H groups in total. The third-order valence-electron chi connectivity index (χ3n) is 4.73. The van der Waals surface area contributed by atoms with Gasteiger partial charge in [-0.3, -0.25) is 14.2 Å². The van der Waals surface area contributed by atoms with Gasteiger partial charge in [0.05, 0.1) is 18.0 Å². The Balaban J connectivity index is 2.61. The second-order valence-corrected chi connectivity index (χ2v) is 8.10. The van der Waals surface area contributed by atoms with Crippen LogP contribution in [0.4, 0.5) is 14.6 Å². The van der Waals surface area contributed by atoms with E-state index in [0.717, 1.165) is 0 Å². The van der Waals surface area contributed by atoms with Crippen LogP contribution >= 0.6 is 11.6 Å². The third-order valence-corrected chi connectivity index (χ3v) is 4.83. The van der Waals surface area contributed by atoms with E-state index in [0.29, 0.717) is 10.8 Å². The number of alkyl halides is 1. The van der Waals surface area contributed by atoms with Crippen molar-refractivity contribution in [2.75, 3.05) is 5.73 Å². The van der Waals surface area contributed by atoms with Crippen LogP contribution in [-0.2, 0) is 23.8 Å². The Labute approximate surface area is 188 Å². The Morgan fingerprint density at radius 2 is 1.88 bits per heavy atom. The van der Waals surface area contributed by atoms with E-state index in [1.807, 2.05) is 5.38 Å². The van der Waals surface area contributed by atoms with Gasteiger partial charge in [0, 0.05) is 5.38 Å². The van der Waals surface area contributed by atoms with Gasteiger partial charge in [0.2, 0.25) is 0 Å². The summed E-state index contributed by atoms with van der Waals surface area (Å²) in [7, 11) is 0. The van der Waals surface area contributed by atoms with Gasteiger partial charge in [0.25, 0.3) is 5.67 Å². The highest BCUT2D eigenvalue weighted by atomic mass is 35.5. The van der Waals surface area contributed by atoms with Crippen LogP contribution in [0.25, 0.3) is 0 Å². The molecule has 12 heteroatoms. The first-order chi connectivity index (χ1) is 14.8. The van der Waals surface area contributed by atoms with Crippen LogP contribution in [0.3, 0.4) is 0 Å². The highest BCUT2D eigenvalue weighted by molar-refractivity contribution is 6.30. The lowest BCUT2D eigenvalue weighted by Gasteiger charge is -2.29. The molecule has 0 saturated carbocycles. The SMILES string of the molecule is CC(C)C(=O)OC(C)[C@H]1O[C@@H](n2cc(F)c(N)nc2=O)[C@@](F)(C#CCl)[C@@H]1OC(=O)C(C)C. The molecule has 0 bridgehead atoms. The zero-order valence-corrected chi connectivity index (χ0v) is 18.9. The first-order valence-electron chi connectivity index (χ1n) is 9.75. The Bertz CT molecular complexity index is 1010. The van der Waals surface area contributed by atoms with Gasteiger partial charge in [-0.1, -0.05) is 27.7 Å². The highest BCUT2D eigenvalue weighted by Gasteiger charge is 2.63. The molecule has 9 nitrogen and oxygen atoms in total. The number of nitrogens with two attached hydrogens (primary N) is 1. The number of aromatic nitrogens is 2. The number of nitrogens with zero attached hydrogens (tertiary/aromatic N) is 2. The summed E-state index contributed by atoms with van der Waals surface area (Å²) in [6, 6.07) is 0. The molecule has 1 saturated heterocycles. The van der Waals surface area contributed by atoms with Crippen LogP contribution in [0.15, 0.2) is 11.0 Å². The lowest BCUT2D eigenvalue weighted by molar-refractivity contribution is -0.171. The number of hydrogen-bond acceptors (Lipinski definition) is 8. The first kappa shape index (κ1) is 25.5. The van der Waals surface area contributed by atoms with Gasteiger partial charge in [-0.2, -0.15) is 4.98 Å². The number of nitrogen functional groups attached to an aromatic ring is 1. The standard InChI is InChI=1S/C20H24ClF2N3O6/c1-9(2)16(27)30-11(5)13-14(32-17(28)10(3)4)20(23,6-7-21)18(31-13)26-8-12(22)15(24)25-19(26)29/h8-11,13-14,18H,1-5H3,(H2,24,25,29)/t11?,13-,14-,18-,20-/m1/s1. The van der Waals surface area contributed by atoms with Crippen LogP contribution in [-0.4, -0.2) is 45.5 Å². The molecule has 176 valence electrons. The normalized spacial score (nSPS) is 25.9. The highest BCUT2D eigenvalue weighted by Crippen LogP contribution is 2.44. The molecule has 1 aliphatic rings. The Morgan fingerprint density at radius 3 is 2.41 bits per heavy atom. The van der Waals surface area contributed by atoms with Gasteiger partial charge in [-0.05, 0) is 24.4 Å². The van der Waals surface area contributed by atoms with E-state index in [2.05, 4.69) is 10.9 Å². The molecule has 0 spiro atoms. The van der Waals surface area contributed by atoms with Gasteiger partial charge < -0.3 is 19.9 Å². The summed E-state index contributed by atoms with van der Waals surface area (Å²) in [6.45, 7) is 7.60. The van der Waals surface area contributed by atoms with Crippen LogP contribution in [0.2, 0.25) is 0 Å². The second kappa shape index (κ2) is 9.83. The summed E-state index contributed by atoms with van der Waals surface area (Å²) in [5.41, 5.74) is 1.22. The van der Waals surface area contributed by atoms with E-state index in [4.69, 9.17) is 31.5 Å². The van der Waals surface area contributed by atoms with Crippen molar-refractivity contribution < 1.29 is 32.6 Å². The topological polar surface area (TPSA) is 123 Å². The van der Waals surface area contributed by atoms with Crippen molar-refractivity contribution in [3.05, 3.63) is 22.5 Å². The van der Waals surface area contributed by atoms with Gasteiger partial charge in [-0.25, -0.2) is 13.6 Å². The van der Waals surface area contributed by atoms with Crippen LogP contribution in [0.5, 0.6) is 0 Å². The summed E-state index contributed by atoms with van der Waals surface area (Å²) in [6.07, 6.45) is -5.70. The minimum Gasteiger partial charge on any atom is -0.460 e. The van der Waals surface area contributed by atoms with Crippen molar-refractivity contribution in [2.24, 2.45) is 11.8 Å². The molecule has 5 atom stereocenters. The second-order valence-electron chi connectivity index (χ2n) is 7.91. The quantitative estimate of drug-likeness (QED) is 0.489. The number of esters is 2. The minimum atomic E-state index is -2.93. The third kappa shape index (κ3) is 5.02. The molecule has 1 fully saturated rings. The zero-order chi connectivity index (χ0) is 24.4. The molecule has 0 aromatic carbocycles. The summed E-state index contributed by atoms with van der Waals surface area (Å²) < 4.78 is 47.1. The number of hydrogen-bond donors (Lipinski definition) is 1. The van der Waals surface area contributed by atoms with Crippen LogP contribution in [0.1, 0.15) is 40.8 Å². The molecule has 0 radical (unpaired) electrons. The molecule has 1 unspecified atom stereocenters. The van der Waals surface area contributed by atoms with Crippen molar-refractivity contribution in [1.82, 2.24) is 9.55 Å². The molecule has 2 rings (SSSR count). The maximum atomic E-state index is 16.3. The average Bonchev–Trinajstić information content (AvgIpc) is 2.97. The molecule has 1 aliphatic heterocycles. The smallest absolute Gasteiger partial charge is 0.351 e. The maximum absolute atomic E-state index is 16.3. The fourth-order valence-electron chi connectivity index (χ4n) is 2.95. The van der Waals surface area contributed by atoms with Gasteiger partial charge in [0.1, 0.15) is 12.2 Å². The first-order valence-corrected chi connectivity index (χ1v) is 10.1. The summed E-state index contributed by atoms with van der Waals surface area (Å²) >= 11 is 5.46. The fraction of sp³-hybridized carbons (Fsp3) is 0.600. The number of halogens is 3. The Kier molecular flexibility index (Phi) is 7.85. The van der Waals surface area contributed by atoms with E-state index >= 15 is 4.39 Å². The van der Waals surface area contributed by atoms with E-state index in [9.17, 15) is 18.8 Å². The van der Waals surface area contributed by atoms with E-state index in [1.165, 1.54) is 20.8 Å². The molecular weight excluding hydrogens is 452 g/mol. The summed E-state index contributed by atoms with van der Waals surface area (Å²) in [4.78, 5) is 40.0. The van der Waals surface area contributed by atoms with E-state index in [-0.39, 0.29) is 0 Å². The minimum absolute atomic E-state index is 0.486. The average molecular weight is 476 g/mol. The Morgan fingerprint density at radius 1 is 1.28 bits per heavy atom. The largest absolute Gasteiger partial charge is 0.460 e. The van der Waals surface area contributed by atoms with Crippen molar-refractivity contribution in [1.29, 1.82) is 0 Å². The number of rotatable bonds is 6. The van der Waals surface area contributed by atoms with Gasteiger partial charge >= 0.3 is 17.6 Å². The maximum Gasteiger partial charge on any atom is 0.351 e. The van der Waals surface area contributed by atoms with E-state index in [1.54, 1.807) is 13.8 Å². The fourth-order valence-corrected chi connectivity index (χ4v) is 3.10. The lowest BCUT2D eigenvalue weighted by atomic mass is 9.94. The number of ether oxygens (including phenoxy) is 3. The number of anilines is 1. The van der Waals surface area contributed by atoms with Crippen molar-refractivity contribution in [3.8, 4) is 11.3 Å². The van der Waals surface area contributed by atoms with Crippen molar-refractivity contribution in [2.45, 2.75) is 64.8 Å². The van der Waals surface area contributed by atoms with Crippen LogP contribution in [0, 0.1) is 29.0 Å². The van der Waals surface area contributed by atoms with Crippen LogP contribution < -0.4 is 11.4 Å². The summed E-state index contributed by atoms with van der Waals surface area (Å²) in [5.74, 6) is -2.36. The lowest BCUT2D eigenvalue weighted by Crippen LogP contribution is -2.49. The van der Waals surface area contributed by atoms with Gasteiger partial charge in [0.15, 0.2) is 24.0 Å². The monoisotopic (exact) mass is 475 g/mol. The summed E-state index contributed by atoms with van der Waals surface area (Å²) in [5, 5.41) is 1.86.